The van der Waals surface area contributed by atoms with Gasteiger partial charge in [0.2, 0.25) is 5.91 Å². The molecular formula is C27H29N5O3. The molecule has 2 amide bonds. The SMILES string of the molecule is CNC(c1cccc(C)c1)C(O)C(=O)Nc1ccc2c(N)nccc2c1.NC(=O)c1ccccc1. The predicted molar refractivity (Wildman–Crippen MR) is 139 cm³/mol. The number of nitrogen functional groups attached to an aromatic ring is 1. The molecule has 7 N–H and O–H groups in total. The quantitative estimate of drug-likeness (QED) is 0.292. The van der Waals surface area contributed by atoms with Gasteiger partial charge < -0.3 is 27.2 Å². The van der Waals surface area contributed by atoms with E-state index in [9.17, 15) is 14.7 Å². The Balaban J connectivity index is 0.000000320. The van der Waals surface area contributed by atoms with E-state index < -0.39 is 18.1 Å². The second-order valence-corrected chi connectivity index (χ2v) is 7.98. The number of carbonyl (C=O) groups is 2. The van der Waals surface area contributed by atoms with E-state index in [4.69, 9.17) is 11.5 Å². The fraction of sp³-hybridized carbons (Fsp3) is 0.148. The lowest BCUT2D eigenvalue weighted by Crippen LogP contribution is -2.39. The zero-order valence-electron chi connectivity index (χ0n) is 19.6. The molecule has 0 aliphatic rings. The van der Waals surface area contributed by atoms with Crippen molar-refractivity contribution in [3.8, 4) is 0 Å². The van der Waals surface area contributed by atoms with Crippen molar-refractivity contribution in [2.75, 3.05) is 18.1 Å². The van der Waals surface area contributed by atoms with Gasteiger partial charge in [-0.25, -0.2) is 4.98 Å². The number of carbonyl (C=O) groups excluding carboxylic acids is 2. The molecule has 2 atom stereocenters. The molecule has 0 bridgehead atoms. The number of nitrogens with two attached hydrogens (primary N) is 2. The van der Waals surface area contributed by atoms with Crippen molar-refractivity contribution in [3.05, 3.63) is 102 Å². The van der Waals surface area contributed by atoms with Crippen LogP contribution < -0.4 is 22.1 Å². The molecule has 0 fully saturated rings. The van der Waals surface area contributed by atoms with Crippen molar-refractivity contribution < 1.29 is 14.7 Å². The van der Waals surface area contributed by atoms with E-state index >= 15 is 0 Å². The Morgan fingerprint density at radius 3 is 2.34 bits per heavy atom. The molecule has 4 rings (SSSR count). The van der Waals surface area contributed by atoms with Gasteiger partial charge in [-0.1, -0.05) is 48.0 Å². The van der Waals surface area contributed by atoms with Gasteiger partial charge in [-0.15, -0.1) is 0 Å². The highest BCUT2D eigenvalue weighted by molar-refractivity contribution is 5.99. The number of hydrogen-bond acceptors (Lipinski definition) is 6. The van der Waals surface area contributed by atoms with Gasteiger partial charge >= 0.3 is 0 Å². The average molecular weight is 472 g/mol. The summed E-state index contributed by atoms with van der Waals surface area (Å²) in [5.41, 5.74) is 13.9. The lowest BCUT2D eigenvalue weighted by Gasteiger charge is -2.22. The van der Waals surface area contributed by atoms with Crippen LogP contribution in [0.3, 0.4) is 0 Å². The molecule has 1 aromatic heterocycles. The molecule has 3 aromatic carbocycles. The molecule has 0 radical (unpaired) electrons. The summed E-state index contributed by atoms with van der Waals surface area (Å²) in [6.07, 6.45) is 0.382. The first-order chi connectivity index (χ1) is 16.8. The number of aryl methyl sites for hydroxylation is 1. The Morgan fingerprint density at radius 2 is 1.71 bits per heavy atom. The Morgan fingerprint density at radius 1 is 0.971 bits per heavy atom. The van der Waals surface area contributed by atoms with E-state index in [0.717, 1.165) is 21.9 Å². The smallest absolute Gasteiger partial charge is 0.255 e. The summed E-state index contributed by atoms with van der Waals surface area (Å²) in [7, 11) is 1.72. The highest BCUT2D eigenvalue weighted by Crippen LogP contribution is 2.24. The molecule has 1 heterocycles. The maximum Gasteiger partial charge on any atom is 0.255 e. The number of nitrogens with one attached hydrogen (secondary N) is 2. The lowest BCUT2D eigenvalue weighted by atomic mass is 9.99. The van der Waals surface area contributed by atoms with Crippen LogP contribution in [0.2, 0.25) is 0 Å². The topological polar surface area (TPSA) is 143 Å². The van der Waals surface area contributed by atoms with Crippen molar-refractivity contribution in [1.82, 2.24) is 10.3 Å². The Labute approximate surface area is 204 Å². The predicted octanol–water partition coefficient (Wildman–Crippen LogP) is 3.17. The van der Waals surface area contributed by atoms with Crippen LogP contribution >= 0.6 is 0 Å². The largest absolute Gasteiger partial charge is 0.383 e. The number of anilines is 2. The van der Waals surface area contributed by atoms with Crippen molar-refractivity contribution >= 4 is 34.1 Å². The number of aliphatic hydroxyl groups is 1. The highest BCUT2D eigenvalue weighted by Gasteiger charge is 2.26. The molecule has 8 heteroatoms. The fourth-order valence-electron chi connectivity index (χ4n) is 3.62. The van der Waals surface area contributed by atoms with Gasteiger partial charge in [0.15, 0.2) is 6.10 Å². The summed E-state index contributed by atoms with van der Waals surface area (Å²) in [5.74, 6) is -0.419. The molecule has 4 aromatic rings. The molecule has 2 unspecified atom stereocenters. The molecule has 180 valence electrons. The monoisotopic (exact) mass is 471 g/mol. The van der Waals surface area contributed by atoms with Crippen LogP contribution in [0.5, 0.6) is 0 Å². The average Bonchev–Trinajstić information content (AvgIpc) is 2.85. The normalized spacial score (nSPS) is 12.2. The number of primary amides is 1. The molecule has 0 spiro atoms. The maximum atomic E-state index is 12.5. The second kappa shape index (κ2) is 11.7. The second-order valence-electron chi connectivity index (χ2n) is 7.98. The third-order valence-corrected chi connectivity index (χ3v) is 5.42. The fourth-order valence-corrected chi connectivity index (χ4v) is 3.62. The minimum absolute atomic E-state index is 0.379. The van der Waals surface area contributed by atoms with Gasteiger partial charge in [0.25, 0.3) is 5.91 Å². The molecule has 0 aliphatic heterocycles. The van der Waals surface area contributed by atoms with Gasteiger partial charge in [-0.2, -0.15) is 0 Å². The van der Waals surface area contributed by atoms with Crippen molar-refractivity contribution in [2.24, 2.45) is 5.73 Å². The van der Waals surface area contributed by atoms with Crippen molar-refractivity contribution in [2.45, 2.75) is 19.1 Å². The number of hydrogen-bond donors (Lipinski definition) is 5. The van der Waals surface area contributed by atoms with E-state index in [2.05, 4.69) is 15.6 Å². The van der Waals surface area contributed by atoms with Gasteiger partial charge in [0.05, 0.1) is 6.04 Å². The molecule has 8 nitrogen and oxygen atoms in total. The molecule has 0 aliphatic carbocycles. The van der Waals surface area contributed by atoms with Crippen LogP contribution in [0.25, 0.3) is 10.8 Å². The van der Waals surface area contributed by atoms with Crippen LogP contribution in [0.1, 0.15) is 27.5 Å². The van der Waals surface area contributed by atoms with E-state index in [-0.39, 0.29) is 5.91 Å². The van der Waals surface area contributed by atoms with Crippen molar-refractivity contribution in [3.63, 3.8) is 0 Å². The zero-order chi connectivity index (χ0) is 25.4. The number of fused-ring (bicyclic) bond motifs is 1. The van der Waals surface area contributed by atoms with Crippen LogP contribution in [0.15, 0.2) is 85.1 Å². The number of rotatable bonds is 6. The third-order valence-electron chi connectivity index (χ3n) is 5.42. The summed E-state index contributed by atoms with van der Waals surface area (Å²) in [6, 6.07) is 23.1. The summed E-state index contributed by atoms with van der Waals surface area (Å²) >= 11 is 0. The number of benzene rings is 3. The van der Waals surface area contributed by atoms with Crippen LogP contribution in [-0.4, -0.2) is 35.1 Å². The van der Waals surface area contributed by atoms with Crippen LogP contribution in [-0.2, 0) is 4.79 Å². The number of likely N-dealkylation sites (N-methyl/N-ethyl adjacent to an activating group) is 1. The Kier molecular flexibility index (Phi) is 8.50. The molecule has 0 saturated carbocycles. The van der Waals surface area contributed by atoms with E-state index in [0.29, 0.717) is 17.1 Å². The maximum absolute atomic E-state index is 12.5. The number of pyridine rings is 1. The number of amides is 2. The summed E-state index contributed by atoms with van der Waals surface area (Å²) in [5, 5.41) is 18.0. The van der Waals surface area contributed by atoms with Gasteiger partial charge in [-0.05, 0) is 61.3 Å². The van der Waals surface area contributed by atoms with Crippen LogP contribution in [0, 0.1) is 6.92 Å². The van der Waals surface area contributed by atoms with Gasteiger partial charge in [-0.3, -0.25) is 9.59 Å². The van der Waals surface area contributed by atoms with Crippen molar-refractivity contribution in [1.29, 1.82) is 0 Å². The van der Waals surface area contributed by atoms with Gasteiger partial charge in [0.1, 0.15) is 5.82 Å². The van der Waals surface area contributed by atoms with Gasteiger partial charge in [0, 0.05) is 22.8 Å². The first-order valence-electron chi connectivity index (χ1n) is 11.0. The third kappa shape index (κ3) is 6.63. The highest BCUT2D eigenvalue weighted by atomic mass is 16.3. The minimum atomic E-state index is -1.24. The van der Waals surface area contributed by atoms with Crippen LogP contribution in [0.4, 0.5) is 11.5 Å². The lowest BCUT2D eigenvalue weighted by molar-refractivity contribution is -0.125. The molecular weight excluding hydrogens is 442 g/mol. The van der Waals surface area contributed by atoms with E-state index in [1.807, 2.05) is 43.3 Å². The van der Waals surface area contributed by atoms with E-state index in [1.165, 1.54) is 0 Å². The summed E-state index contributed by atoms with van der Waals surface area (Å²) < 4.78 is 0. The standard InChI is InChI=1S/C20H22N4O2.C7H7NO/c1-12-4-3-5-14(10-12)17(22-2)18(25)20(26)24-15-6-7-16-13(11-15)8-9-23-19(16)21;8-7(9)6-4-2-1-3-5-6/h3-11,17-18,22,25H,1-2H3,(H2,21,23)(H,24,26);1-5H,(H2,8,9). The Hall–Kier alpha value is -4.27. The Bertz CT molecular complexity index is 1310. The summed E-state index contributed by atoms with van der Waals surface area (Å²) in [4.78, 5) is 27.0. The number of aliphatic hydroxyl groups excluding tert-OH is 1. The summed E-state index contributed by atoms with van der Waals surface area (Å²) in [6.45, 7) is 1.97. The zero-order valence-corrected chi connectivity index (χ0v) is 19.6. The van der Waals surface area contributed by atoms with E-state index in [1.54, 1.807) is 55.7 Å². The minimum Gasteiger partial charge on any atom is -0.383 e. The first kappa shape index (κ1) is 25.4. The molecule has 0 saturated heterocycles. The first-order valence-corrected chi connectivity index (χ1v) is 11.0. The number of aromatic nitrogens is 1. The number of nitrogens with zero attached hydrogens (tertiary/aromatic N) is 1. The molecule has 35 heavy (non-hydrogen) atoms.